The molecule has 1 amide bonds. The summed E-state index contributed by atoms with van der Waals surface area (Å²) in [6.07, 6.45) is 1.12. The maximum Gasteiger partial charge on any atom is 0.406 e. The molecule has 3 heterocycles. The van der Waals surface area contributed by atoms with Crippen molar-refractivity contribution >= 4 is 23.2 Å². The van der Waals surface area contributed by atoms with Crippen LogP contribution in [-0.2, 0) is 11.2 Å². The van der Waals surface area contributed by atoms with E-state index in [0.717, 1.165) is 16.3 Å². The zero-order valence-corrected chi connectivity index (χ0v) is 20.7. The lowest BCUT2D eigenvalue weighted by molar-refractivity contribution is -0.134. The molecule has 0 spiro atoms. The van der Waals surface area contributed by atoms with E-state index in [0.29, 0.717) is 34.0 Å². The summed E-state index contributed by atoms with van der Waals surface area (Å²) in [5.41, 5.74) is 3.52. The summed E-state index contributed by atoms with van der Waals surface area (Å²) in [5, 5.41) is 8.70. The van der Waals surface area contributed by atoms with Gasteiger partial charge in [-0.3, -0.25) is 4.79 Å². The number of carbonyl (C=O) groups is 1. The van der Waals surface area contributed by atoms with Gasteiger partial charge in [0.2, 0.25) is 0 Å². The van der Waals surface area contributed by atoms with Crippen LogP contribution in [0.1, 0.15) is 23.7 Å². The van der Waals surface area contributed by atoms with E-state index in [-0.39, 0.29) is 12.1 Å². The van der Waals surface area contributed by atoms with Crippen LogP contribution < -0.4 is 9.64 Å². The molecule has 0 fully saturated rings. The number of carbonyl (C=O) groups excluding carboxylic acids is 1. The number of hydrogen-bond donors (Lipinski definition) is 0. The Morgan fingerprint density at radius 1 is 1.14 bits per heavy atom. The van der Waals surface area contributed by atoms with E-state index in [1.54, 1.807) is 31.8 Å². The summed E-state index contributed by atoms with van der Waals surface area (Å²) < 4.78 is 49.0. The van der Waals surface area contributed by atoms with Crippen LogP contribution in [-0.4, -0.2) is 50.3 Å². The highest BCUT2D eigenvalue weighted by Gasteiger charge is 2.39. The van der Waals surface area contributed by atoms with E-state index < -0.39 is 24.7 Å². The molecule has 1 aliphatic rings. The Morgan fingerprint density at radius 3 is 2.62 bits per heavy atom. The number of ether oxygens (including phenoxy) is 1. The van der Waals surface area contributed by atoms with Crippen LogP contribution in [0.4, 0.5) is 18.9 Å². The number of methoxy groups -OCH3 is 1. The van der Waals surface area contributed by atoms with Gasteiger partial charge in [-0.15, -0.1) is 5.10 Å². The zero-order chi connectivity index (χ0) is 26.3. The molecular weight excluding hydrogens is 509 g/mol. The molecule has 4 aromatic rings. The summed E-state index contributed by atoms with van der Waals surface area (Å²) in [6, 6.07) is 9.00. The number of amides is 1. The Labute approximate surface area is 215 Å². The van der Waals surface area contributed by atoms with Crippen molar-refractivity contribution < 1.29 is 22.7 Å². The van der Waals surface area contributed by atoms with Crippen molar-refractivity contribution in [1.82, 2.24) is 24.5 Å². The zero-order valence-electron chi connectivity index (χ0n) is 19.9. The summed E-state index contributed by atoms with van der Waals surface area (Å²) in [7, 11) is 1.55. The van der Waals surface area contributed by atoms with Crippen molar-refractivity contribution in [3.63, 3.8) is 0 Å². The fourth-order valence-electron chi connectivity index (χ4n) is 4.48. The van der Waals surface area contributed by atoms with Crippen LogP contribution in [0.5, 0.6) is 5.75 Å². The first-order chi connectivity index (χ1) is 17.6. The van der Waals surface area contributed by atoms with Gasteiger partial charge >= 0.3 is 6.18 Å². The fourth-order valence-corrected chi connectivity index (χ4v) is 4.68. The van der Waals surface area contributed by atoms with Crippen molar-refractivity contribution in [2.24, 2.45) is 0 Å². The average molecular weight is 531 g/mol. The number of hydrogen-bond acceptors (Lipinski definition) is 5. The van der Waals surface area contributed by atoms with E-state index in [1.807, 2.05) is 29.8 Å². The number of alkyl halides is 3. The van der Waals surface area contributed by atoms with E-state index in [4.69, 9.17) is 16.3 Å². The molecule has 0 saturated carbocycles. The Bertz CT molecular complexity index is 1460. The predicted octanol–water partition coefficient (Wildman–Crippen LogP) is 5.18. The van der Waals surface area contributed by atoms with Crippen LogP contribution >= 0.6 is 11.6 Å². The van der Waals surface area contributed by atoms with Crippen molar-refractivity contribution in [2.75, 3.05) is 18.6 Å². The van der Waals surface area contributed by atoms with Gasteiger partial charge in [0.1, 0.15) is 24.0 Å². The number of aryl methyl sites for hydroxylation is 2. The molecule has 12 heteroatoms. The summed E-state index contributed by atoms with van der Waals surface area (Å²) in [4.78, 5) is 18.4. The number of rotatable bonds is 5. The van der Waals surface area contributed by atoms with Crippen LogP contribution in [0.3, 0.4) is 0 Å². The lowest BCUT2D eigenvalue weighted by Gasteiger charge is -2.26. The smallest absolute Gasteiger partial charge is 0.406 e. The number of benzene rings is 2. The molecule has 1 unspecified atom stereocenters. The standard InChI is InChI=1S/C25H22ClF3N6O2/c1-15-11-33(14-30-15)21-6-3-16(10-23(21)37-2)19-12-35(32-31-19)22-7-4-17-9-18(26)5-8-20(17)34(24(22)36)13-25(27,28)29/h3,5-6,8-12,14,22H,4,7,13H2,1-2H3. The lowest BCUT2D eigenvalue weighted by Crippen LogP contribution is -2.42. The maximum absolute atomic E-state index is 13.4. The van der Waals surface area contributed by atoms with Gasteiger partial charge in [-0.05, 0) is 55.7 Å². The Morgan fingerprint density at radius 2 is 1.92 bits per heavy atom. The Balaban J connectivity index is 1.47. The van der Waals surface area contributed by atoms with Gasteiger partial charge in [-0.25, -0.2) is 9.67 Å². The van der Waals surface area contributed by atoms with Crippen LogP contribution in [0.15, 0.2) is 55.1 Å². The molecule has 5 rings (SSSR count). The van der Waals surface area contributed by atoms with Gasteiger partial charge in [0.05, 0.1) is 31.0 Å². The number of halogens is 4. The average Bonchev–Trinajstić information content (AvgIpc) is 3.49. The van der Waals surface area contributed by atoms with Gasteiger partial charge in [0.25, 0.3) is 5.91 Å². The highest BCUT2D eigenvalue weighted by molar-refractivity contribution is 6.30. The minimum absolute atomic E-state index is 0.199. The van der Waals surface area contributed by atoms with Gasteiger partial charge < -0.3 is 14.2 Å². The molecule has 0 bridgehead atoms. The largest absolute Gasteiger partial charge is 0.495 e. The van der Waals surface area contributed by atoms with Gasteiger partial charge in [-0.2, -0.15) is 13.2 Å². The van der Waals surface area contributed by atoms with Gasteiger partial charge in [-0.1, -0.05) is 22.9 Å². The number of aromatic nitrogens is 5. The molecule has 2 aromatic heterocycles. The molecule has 1 atom stereocenters. The molecular formula is C25H22ClF3N6O2. The van der Waals surface area contributed by atoms with Crippen molar-refractivity contribution in [1.29, 1.82) is 0 Å². The fraction of sp³-hybridized carbons (Fsp3) is 0.280. The first-order valence-electron chi connectivity index (χ1n) is 11.4. The molecule has 2 aromatic carbocycles. The van der Waals surface area contributed by atoms with Crippen molar-refractivity contribution in [2.45, 2.75) is 32.0 Å². The van der Waals surface area contributed by atoms with E-state index in [2.05, 4.69) is 15.3 Å². The first-order valence-corrected chi connectivity index (χ1v) is 11.8. The second-order valence-electron chi connectivity index (χ2n) is 8.76. The maximum atomic E-state index is 13.4. The predicted molar refractivity (Wildman–Crippen MR) is 131 cm³/mol. The van der Waals surface area contributed by atoms with E-state index >= 15 is 0 Å². The second kappa shape index (κ2) is 9.55. The topological polar surface area (TPSA) is 78.1 Å². The Hall–Kier alpha value is -3.86. The quantitative estimate of drug-likeness (QED) is 0.355. The molecule has 192 valence electrons. The number of anilines is 1. The van der Waals surface area contributed by atoms with Crippen LogP contribution in [0.25, 0.3) is 16.9 Å². The minimum Gasteiger partial charge on any atom is -0.495 e. The van der Waals surface area contributed by atoms with Crippen molar-refractivity contribution in [3.8, 4) is 22.7 Å². The number of imidazole rings is 1. The highest BCUT2D eigenvalue weighted by Crippen LogP contribution is 2.36. The first kappa shape index (κ1) is 24.8. The van der Waals surface area contributed by atoms with Gasteiger partial charge in [0, 0.05) is 22.5 Å². The van der Waals surface area contributed by atoms with Crippen LogP contribution in [0, 0.1) is 6.92 Å². The van der Waals surface area contributed by atoms with E-state index in [1.165, 1.54) is 16.8 Å². The SMILES string of the molecule is COc1cc(-c2cn(C3CCc4cc(Cl)ccc4N(CC(F)(F)F)C3=O)nn2)ccc1-n1cnc(C)c1. The number of fused-ring (bicyclic) bond motifs is 1. The third-order valence-corrected chi connectivity index (χ3v) is 6.44. The third kappa shape index (κ3) is 5.04. The lowest BCUT2D eigenvalue weighted by atomic mass is 10.1. The second-order valence-corrected chi connectivity index (χ2v) is 9.20. The van der Waals surface area contributed by atoms with E-state index in [9.17, 15) is 18.0 Å². The molecule has 1 aliphatic heterocycles. The van der Waals surface area contributed by atoms with Crippen molar-refractivity contribution in [3.05, 3.63) is 71.4 Å². The minimum atomic E-state index is -4.58. The molecule has 0 saturated heterocycles. The summed E-state index contributed by atoms with van der Waals surface area (Å²) in [5.74, 6) is -0.142. The molecule has 0 N–H and O–H groups in total. The summed E-state index contributed by atoms with van der Waals surface area (Å²) >= 11 is 6.08. The van der Waals surface area contributed by atoms with Gasteiger partial charge in [0.15, 0.2) is 0 Å². The number of nitrogens with zero attached hydrogens (tertiary/aromatic N) is 6. The molecule has 0 radical (unpaired) electrons. The third-order valence-electron chi connectivity index (χ3n) is 6.20. The molecule has 0 aliphatic carbocycles. The monoisotopic (exact) mass is 530 g/mol. The normalized spacial score (nSPS) is 16.0. The molecule has 8 nitrogen and oxygen atoms in total. The summed E-state index contributed by atoms with van der Waals surface area (Å²) in [6.45, 7) is 0.471. The molecule has 37 heavy (non-hydrogen) atoms. The highest BCUT2D eigenvalue weighted by atomic mass is 35.5. The van der Waals surface area contributed by atoms with Crippen LogP contribution in [0.2, 0.25) is 5.02 Å². The Kier molecular flexibility index (Phi) is 6.40.